The summed E-state index contributed by atoms with van der Waals surface area (Å²) < 4.78 is 28.8. The molecule has 3 aromatic carbocycles. The van der Waals surface area contributed by atoms with Gasteiger partial charge in [0.05, 0.1) is 11.7 Å². The van der Waals surface area contributed by atoms with Crippen molar-refractivity contribution in [1.82, 2.24) is 10.2 Å². The number of hydrogen-bond donors (Lipinski definition) is 2. The molecule has 2 N–H and O–H groups in total. The van der Waals surface area contributed by atoms with Crippen molar-refractivity contribution in [3.63, 3.8) is 0 Å². The smallest absolute Gasteiger partial charge is 0.328 e. The predicted molar refractivity (Wildman–Crippen MR) is 118 cm³/mol. The first-order valence-electron chi connectivity index (χ1n) is 9.55. The molecule has 0 amide bonds. The van der Waals surface area contributed by atoms with E-state index in [1.165, 1.54) is 6.08 Å². The van der Waals surface area contributed by atoms with Crippen molar-refractivity contribution in [2.45, 2.75) is 6.43 Å². The number of H-pyrrole nitrogens is 1. The molecule has 0 atom stereocenters. The predicted octanol–water partition coefficient (Wildman–Crippen LogP) is 5.88. The molecule has 0 aliphatic rings. The Labute approximate surface area is 177 Å². The second kappa shape index (κ2) is 8.75. The first kappa shape index (κ1) is 20.2. The van der Waals surface area contributed by atoms with Crippen LogP contribution in [0.15, 0.2) is 85.1 Å². The van der Waals surface area contributed by atoms with Gasteiger partial charge >= 0.3 is 5.97 Å². The van der Waals surface area contributed by atoms with Crippen molar-refractivity contribution in [3.8, 4) is 0 Å². The van der Waals surface area contributed by atoms with Crippen molar-refractivity contribution in [1.29, 1.82) is 0 Å². The summed E-state index contributed by atoms with van der Waals surface area (Å²) >= 11 is 0. The van der Waals surface area contributed by atoms with Crippen LogP contribution in [-0.4, -0.2) is 27.7 Å². The molecule has 0 aliphatic carbocycles. The number of halogens is 2. The Balaban J connectivity index is 1.93. The average molecular weight is 416 g/mol. The Hall–Kier alpha value is -4.06. The Morgan fingerprint density at radius 2 is 1.65 bits per heavy atom. The highest BCUT2D eigenvalue weighted by molar-refractivity contribution is 6.01. The van der Waals surface area contributed by atoms with Crippen LogP contribution in [0.3, 0.4) is 0 Å². The molecule has 6 heteroatoms. The standard InChI is InChI=1S/C25H18F2N2O2/c26-25(27)24(17-4-2-1-3-5-17)23(19-11-12-21-20(14-19)15-28-29-21)18-9-6-16(7-10-18)8-13-22(30)31/h1-15,25H,(H,28,29)(H,30,31). The first-order valence-corrected chi connectivity index (χ1v) is 9.55. The number of aromatic nitrogens is 2. The molecule has 4 rings (SSSR count). The maximum atomic E-state index is 14.4. The third-order valence-corrected chi connectivity index (χ3v) is 4.92. The van der Waals surface area contributed by atoms with E-state index in [1.807, 2.05) is 12.1 Å². The molecule has 0 bridgehead atoms. The number of rotatable bonds is 6. The molecule has 0 fully saturated rings. The van der Waals surface area contributed by atoms with Crippen LogP contribution in [0.5, 0.6) is 0 Å². The number of benzene rings is 3. The van der Waals surface area contributed by atoms with E-state index in [4.69, 9.17) is 5.11 Å². The van der Waals surface area contributed by atoms with Gasteiger partial charge in [0.1, 0.15) is 0 Å². The van der Waals surface area contributed by atoms with E-state index >= 15 is 0 Å². The SMILES string of the molecule is O=C(O)C=Cc1ccc(C(=C(c2ccccc2)C(F)F)c2ccc3[nH]ncc3c2)cc1. The van der Waals surface area contributed by atoms with Crippen molar-refractivity contribution in [3.05, 3.63) is 107 Å². The number of carbonyl (C=O) groups is 1. The fourth-order valence-electron chi connectivity index (χ4n) is 3.50. The first-order chi connectivity index (χ1) is 15.0. The monoisotopic (exact) mass is 416 g/mol. The second-order valence-corrected chi connectivity index (χ2v) is 6.92. The molecule has 0 spiro atoms. The lowest BCUT2D eigenvalue weighted by atomic mass is 9.88. The molecule has 1 aromatic heterocycles. The minimum Gasteiger partial charge on any atom is -0.478 e. The van der Waals surface area contributed by atoms with Gasteiger partial charge in [0.25, 0.3) is 6.43 Å². The van der Waals surface area contributed by atoms with Gasteiger partial charge in [0.15, 0.2) is 0 Å². The molecule has 0 saturated carbocycles. The highest BCUT2D eigenvalue weighted by Gasteiger charge is 2.22. The van der Waals surface area contributed by atoms with Gasteiger partial charge in [-0.15, -0.1) is 0 Å². The zero-order chi connectivity index (χ0) is 21.8. The van der Waals surface area contributed by atoms with E-state index in [0.29, 0.717) is 27.8 Å². The summed E-state index contributed by atoms with van der Waals surface area (Å²) in [6.45, 7) is 0. The van der Waals surface area contributed by atoms with E-state index in [1.54, 1.807) is 66.9 Å². The Morgan fingerprint density at radius 3 is 2.32 bits per heavy atom. The number of fused-ring (bicyclic) bond motifs is 1. The number of carboxylic acids is 1. The van der Waals surface area contributed by atoms with Gasteiger partial charge < -0.3 is 5.11 Å². The van der Waals surface area contributed by atoms with Crippen LogP contribution in [0.4, 0.5) is 8.78 Å². The average Bonchev–Trinajstić information content (AvgIpc) is 3.24. The van der Waals surface area contributed by atoms with Crippen LogP contribution in [-0.2, 0) is 4.79 Å². The van der Waals surface area contributed by atoms with Crippen LogP contribution >= 0.6 is 0 Å². The van der Waals surface area contributed by atoms with Gasteiger partial charge in [-0.1, -0.05) is 60.7 Å². The van der Waals surface area contributed by atoms with Crippen molar-refractivity contribution in [2.24, 2.45) is 0 Å². The van der Waals surface area contributed by atoms with Gasteiger partial charge in [-0.05, 0) is 46.0 Å². The van der Waals surface area contributed by atoms with E-state index in [-0.39, 0.29) is 5.57 Å². The van der Waals surface area contributed by atoms with Gasteiger partial charge in [0.2, 0.25) is 0 Å². The van der Waals surface area contributed by atoms with E-state index in [0.717, 1.165) is 17.0 Å². The number of carboxylic acid groups (broad SMARTS) is 1. The minimum absolute atomic E-state index is 0.0720. The highest BCUT2D eigenvalue weighted by atomic mass is 19.3. The molecular weight excluding hydrogens is 398 g/mol. The van der Waals surface area contributed by atoms with E-state index in [2.05, 4.69) is 10.2 Å². The molecule has 4 aromatic rings. The highest BCUT2D eigenvalue weighted by Crippen LogP contribution is 2.37. The number of aromatic amines is 1. The van der Waals surface area contributed by atoms with Gasteiger partial charge in [0, 0.05) is 17.0 Å². The zero-order valence-corrected chi connectivity index (χ0v) is 16.3. The zero-order valence-electron chi connectivity index (χ0n) is 16.3. The summed E-state index contributed by atoms with van der Waals surface area (Å²) in [4.78, 5) is 10.8. The largest absolute Gasteiger partial charge is 0.478 e. The molecule has 0 unspecified atom stereocenters. The van der Waals surface area contributed by atoms with E-state index in [9.17, 15) is 13.6 Å². The topological polar surface area (TPSA) is 66.0 Å². The number of nitrogens with zero attached hydrogens (tertiary/aromatic N) is 1. The van der Waals surface area contributed by atoms with Gasteiger partial charge in [-0.3, -0.25) is 5.10 Å². The fraction of sp³-hybridized carbons (Fsp3) is 0.0400. The summed E-state index contributed by atoms with van der Waals surface area (Å²) in [5.41, 5.74) is 3.51. The quantitative estimate of drug-likeness (QED) is 0.304. The van der Waals surface area contributed by atoms with E-state index < -0.39 is 12.4 Å². The number of alkyl halides is 2. The molecule has 1 heterocycles. The normalized spacial score (nSPS) is 12.5. The summed E-state index contributed by atoms with van der Waals surface area (Å²) in [5.74, 6) is -1.05. The van der Waals surface area contributed by atoms with Crippen LogP contribution < -0.4 is 0 Å². The molecule has 0 radical (unpaired) electrons. The Kier molecular flexibility index (Phi) is 5.71. The molecule has 154 valence electrons. The maximum absolute atomic E-state index is 14.4. The minimum atomic E-state index is -2.70. The fourth-order valence-corrected chi connectivity index (χ4v) is 3.50. The van der Waals surface area contributed by atoms with Crippen molar-refractivity contribution < 1.29 is 18.7 Å². The third-order valence-electron chi connectivity index (χ3n) is 4.92. The van der Waals surface area contributed by atoms with Crippen molar-refractivity contribution >= 4 is 34.1 Å². The summed E-state index contributed by atoms with van der Waals surface area (Å²) in [6, 6.07) is 20.9. The Bertz CT molecular complexity index is 1270. The molecule has 0 saturated heterocycles. The lowest BCUT2D eigenvalue weighted by Gasteiger charge is -2.17. The van der Waals surface area contributed by atoms with Crippen LogP contribution in [0, 0.1) is 0 Å². The second-order valence-electron chi connectivity index (χ2n) is 6.92. The molecular formula is C25H18F2N2O2. The van der Waals surface area contributed by atoms with Crippen LogP contribution in [0.25, 0.3) is 28.1 Å². The van der Waals surface area contributed by atoms with Gasteiger partial charge in [-0.25, -0.2) is 13.6 Å². The molecule has 31 heavy (non-hydrogen) atoms. The molecule has 0 aliphatic heterocycles. The maximum Gasteiger partial charge on any atom is 0.328 e. The summed E-state index contributed by atoms with van der Waals surface area (Å²) in [6.07, 6.45) is 1.44. The van der Waals surface area contributed by atoms with Crippen LogP contribution in [0.2, 0.25) is 0 Å². The molecule has 4 nitrogen and oxygen atoms in total. The third kappa shape index (κ3) is 4.43. The lowest BCUT2D eigenvalue weighted by Crippen LogP contribution is -2.03. The lowest BCUT2D eigenvalue weighted by molar-refractivity contribution is -0.131. The number of allylic oxidation sites excluding steroid dienone is 1. The summed E-state index contributed by atoms with van der Waals surface area (Å²) in [7, 11) is 0. The Morgan fingerprint density at radius 1 is 0.935 bits per heavy atom. The summed E-state index contributed by atoms with van der Waals surface area (Å²) in [5, 5.41) is 16.5. The number of aliphatic carboxylic acids is 1. The van der Waals surface area contributed by atoms with Crippen LogP contribution in [0.1, 0.15) is 22.3 Å². The van der Waals surface area contributed by atoms with Gasteiger partial charge in [-0.2, -0.15) is 5.10 Å². The number of hydrogen-bond acceptors (Lipinski definition) is 2. The number of nitrogens with one attached hydrogen (secondary N) is 1. The van der Waals surface area contributed by atoms with Crippen molar-refractivity contribution in [2.75, 3.05) is 0 Å².